The number of nitrogens with one attached hydrogen (secondary N) is 1. The Hall–Kier alpha value is -2.06. The zero-order valence-electron chi connectivity index (χ0n) is 12.7. The van der Waals surface area contributed by atoms with Crippen LogP contribution in [0.25, 0.3) is 10.6 Å². The van der Waals surface area contributed by atoms with Crippen molar-refractivity contribution < 1.29 is 4.79 Å². The molecular formula is C15H15N5OS2. The monoisotopic (exact) mass is 345 g/mol. The molecule has 1 aliphatic carbocycles. The maximum absolute atomic E-state index is 12.0. The van der Waals surface area contributed by atoms with E-state index in [1.54, 1.807) is 23.7 Å². The summed E-state index contributed by atoms with van der Waals surface area (Å²) < 4.78 is 1.38. The number of hydrogen-bond donors (Lipinski definition) is 1. The number of nitrogens with zero attached hydrogens (tertiary/aromatic N) is 4. The van der Waals surface area contributed by atoms with E-state index in [1.807, 2.05) is 6.92 Å². The molecule has 1 saturated carbocycles. The quantitative estimate of drug-likeness (QED) is 0.781. The molecule has 3 aromatic rings. The fourth-order valence-corrected chi connectivity index (χ4v) is 4.30. The Balaban J connectivity index is 1.57. The summed E-state index contributed by atoms with van der Waals surface area (Å²) in [7, 11) is 0. The van der Waals surface area contributed by atoms with Gasteiger partial charge in [-0.25, -0.2) is 19.7 Å². The van der Waals surface area contributed by atoms with Gasteiger partial charge in [0.15, 0.2) is 5.13 Å². The van der Waals surface area contributed by atoms with Crippen LogP contribution in [0.3, 0.4) is 0 Å². The van der Waals surface area contributed by atoms with Crippen LogP contribution in [0.1, 0.15) is 30.5 Å². The number of carbonyl (C=O) groups is 1. The Morgan fingerprint density at radius 3 is 2.91 bits per heavy atom. The first kappa shape index (κ1) is 14.5. The minimum Gasteiger partial charge on any atom is -0.283 e. The third-order valence-electron chi connectivity index (χ3n) is 4.00. The van der Waals surface area contributed by atoms with Gasteiger partial charge in [-0.15, -0.1) is 11.3 Å². The molecule has 3 heterocycles. The SMILES string of the molecule is Cc1nc(NC(=O)n2ccnc2)sc1-c1csc(C2(C)CC2)n1. The number of thiazole rings is 2. The van der Waals surface area contributed by atoms with Crippen molar-refractivity contribution in [3.63, 3.8) is 0 Å². The summed E-state index contributed by atoms with van der Waals surface area (Å²) in [5.41, 5.74) is 2.12. The molecule has 0 bridgehead atoms. The maximum Gasteiger partial charge on any atom is 0.333 e. The number of amides is 1. The molecule has 0 unspecified atom stereocenters. The van der Waals surface area contributed by atoms with Gasteiger partial charge in [0, 0.05) is 23.2 Å². The normalized spacial score (nSPS) is 15.6. The first-order valence-corrected chi connectivity index (χ1v) is 8.98. The predicted molar refractivity (Wildman–Crippen MR) is 91.2 cm³/mol. The average Bonchev–Trinajstić information content (AvgIpc) is 3.01. The number of anilines is 1. The maximum atomic E-state index is 12.0. The molecule has 23 heavy (non-hydrogen) atoms. The molecule has 0 atom stereocenters. The smallest absolute Gasteiger partial charge is 0.283 e. The molecular weight excluding hydrogens is 330 g/mol. The summed E-state index contributed by atoms with van der Waals surface area (Å²) in [6.45, 7) is 4.20. The van der Waals surface area contributed by atoms with Gasteiger partial charge in [0.2, 0.25) is 0 Å². The van der Waals surface area contributed by atoms with Crippen LogP contribution in [-0.2, 0) is 5.41 Å². The number of hydrogen-bond acceptors (Lipinski definition) is 6. The topological polar surface area (TPSA) is 72.7 Å². The molecule has 0 saturated heterocycles. The highest BCUT2D eigenvalue weighted by atomic mass is 32.1. The van der Waals surface area contributed by atoms with E-state index in [-0.39, 0.29) is 11.4 Å². The first-order valence-electron chi connectivity index (χ1n) is 7.28. The summed E-state index contributed by atoms with van der Waals surface area (Å²) in [5.74, 6) is 0. The Morgan fingerprint density at radius 2 is 2.22 bits per heavy atom. The molecule has 0 radical (unpaired) electrons. The van der Waals surface area contributed by atoms with Crippen molar-refractivity contribution in [1.82, 2.24) is 19.5 Å². The fourth-order valence-electron chi connectivity index (χ4n) is 2.28. The largest absolute Gasteiger partial charge is 0.333 e. The van der Waals surface area contributed by atoms with Gasteiger partial charge in [-0.3, -0.25) is 9.88 Å². The second-order valence-corrected chi connectivity index (χ2v) is 7.79. The third kappa shape index (κ3) is 2.68. The first-order chi connectivity index (χ1) is 11.0. The highest BCUT2D eigenvalue weighted by Gasteiger charge is 2.41. The second-order valence-electron chi connectivity index (χ2n) is 5.93. The van der Waals surface area contributed by atoms with E-state index in [4.69, 9.17) is 4.98 Å². The zero-order chi connectivity index (χ0) is 16.0. The fraction of sp³-hybridized carbons (Fsp3) is 0.333. The Morgan fingerprint density at radius 1 is 1.39 bits per heavy atom. The van der Waals surface area contributed by atoms with Crippen molar-refractivity contribution in [2.75, 3.05) is 5.32 Å². The van der Waals surface area contributed by atoms with Crippen molar-refractivity contribution in [2.45, 2.75) is 32.1 Å². The predicted octanol–water partition coefficient (Wildman–Crippen LogP) is 3.90. The van der Waals surface area contributed by atoms with Crippen molar-refractivity contribution >= 4 is 33.8 Å². The molecule has 1 N–H and O–H groups in total. The number of rotatable bonds is 3. The lowest BCUT2D eigenvalue weighted by atomic mass is 10.2. The van der Waals surface area contributed by atoms with Crippen LogP contribution < -0.4 is 5.32 Å². The molecule has 0 aliphatic heterocycles. The second kappa shape index (κ2) is 5.24. The van der Waals surface area contributed by atoms with Crippen molar-refractivity contribution in [3.8, 4) is 10.6 Å². The van der Waals surface area contributed by atoms with Gasteiger partial charge < -0.3 is 0 Å². The van der Waals surface area contributed by atoms with Crippen LogP contribution in [-0.4, -0.2) is 25.6 Å². The van der Waals surface area contributed by atoms with Gasteiger partial charge in [0.1, 0.15) is 6.33 Å². The van der Waals surface area contributed by atoms with Gasteiger partial charge in [0.25, 0.3) is 0 Å². The van der Waals surface area contributed by atoms with Crippen LogP contribution in [0.2, 0.25) is 0 Å². The van der Waals surface area contributed by atoms with Crippen LogP contribution in [0.4, 0.5) is 9.93 Å². The Kier molecular flexibility index (Phi) is 3.31. The molecule has 118 valence electrons. The average molecular weight is 345 g/mol. The zero-order valence-corrected chi connectivity index (χ0v) is 14.4. The molecule has 0 spiro atoms. The molecule has 1 fully saturated rings. The Labute approximate surface area is 141 Å². The lowest BCUT2D eigenvalue weighted by Gasteiger charge is -2.00. The molecule has 0 aromatic carbocycles. The van der Waals surface area contributed by atoms with E-state index in [2.05, 4.69) is 27.6 Å². The van der Waals surface area contributed by atoms with Crippen LogP contribution in [0, 0.1) is 6.92 Å². The lowest BCUT2D eigenvalue weighted by Crippen LogP contribution is -2.17. The third-order valence-corrected chi connectivity index (χ3v) is 6.25. The number of carbonyl (C=O) groups excluding carboxylic acids is 1. The summed E-state index contributed by atoms with van der Waals surface area (Å²) >= 11 is 3.16. The standard InChI is InChI=1S/C15H15N5OS2/c1-9-11(10-7-22-12(18-10)15(2)3-4-15)23-13(17-9)19-14(21)20-6-5-16-8-20/h5-8H,3-4H2,1-2H3,(H,17,19,21). The minimum atomic E-state index is -0.271. The highest BCUT2D eigenvalue weighted by Crippen LogP contribution is 2.49. The molecule has 8 heteroatoms. The van der Waals surface area contributed by atoms with E-state index >= 15 is 0 Å². The van der Waals surface area contributed by atoms with E-state index in [1.165, 1.54) is 40.1 Å². The molecule has 4 rings (SSSR count). The van der Waals surface area contributed by atoms with E-state index in [0.29, 0.717) is 5.13 Å². The van der Waals surface area contributed by atoms with Crippen molar-refractivity contribution in [2.24, 2.45) is 0 Å². The number of aromatic nitrogens is 4. The summed E-state index contributed by atoms with van der Waals surface area (Å²) in [6, 6.07) is -0.271. The molecule has 3 aromatic heterocycles. The Bertz CT molecular complexity index is 860. The van der Waals surface area contributed by atoms with Gasteiger partial charge in [-0.05, 0) is 19.8 Å². The van der Waals surface area contributed by atoms with Gasteiger partial charge in [0.05, 0.1) is 21.3 Å². The van der Waals surface area contributed by atoms with Crippen molar-refractivity contribution in [1.29, 1.82) is 0 Å². The molecule has 6 nitrogen and oxygen atoms in total. The number of aryl methyl sites for hydroxylation is 1. The summed E-state index contributed by atoms with van der Waals surface area (Å²) in [4.78, 5) is 26.1. The minimum absolute atomic E-state index is 0.271. The highest BCUT2D eigenvalue weighted by molar-refractivity contribution is 7.19. The van der Waals surface area contributed by atoms with Crippen molar-refractivity contribution in [3.05, 3.63) is 34.8 Å². The molecule has 1 aliphatic rings. The van der Waals surface area contributed by atoms with Crippen LogP contribution >= 0.6 is 22.7 Å². The molecule has 1 amide bonds. The summed E-state index contributed by atoms with van der Waals surface area (Å²) in [5, 5.41) is 6.65. The van der Waals surface area contributed by atoms with E-state index < -0.39 is 0 Å². The van der Waals surface area contributed by atoms with Gasteiger partial charge in [-0.1, -0.05) is 18.3 Å². The lowest BCUT2D eigenvalue weighted by molar-refractivity contribution is 0.253. The van der Waals surface area contributed by atoms with Gasteiger partial charge >= 0.3 is 6.03 Å². The van der Waals surface area contributed by atoms with Gasteiger partial charge in [-0.2, -0.15) is 0 Å². The number of imidazole rings is 1. The van der Waals surface area contributed by atoms with Crippen LogP contribution in [0.15, 0.2) is 24.1 Å². The van der Waals surface area contributed by atoms with Crippen LogP contribution in [0.5, 0.6) is 0 Å². The summed E-state index contributed by atoms with van der Waals surface area (Å²) in [6.07, 6.45) is 7.05. The van der Waals surface area contributed by atoms with E-state index in [0.717, 1.165) is 16.3 Å². The van der Waals surface area contributed by atoms with E-state index in [9.17, 15) is 4.79 Å².